The van der Waals surface area contributed by atoms with Crippen molar-refractivity contribution in [2.24, 2.45) is 0 Å². The van der Waals surface area contributed by atoms with Crippen molar-refractivity contribution in [2.75, 3.05) is 19.8 Å². The number of amides is 1. The first-order valence-corrected chi connectivity index (χ1v) is 8.62. The van der Waals surface area contributed by atoms with E-state index in [0.717, 1.165) is 17.7 Å². The van der Waals surface area contributed by atoms with Gasteiger partial charge < -0.3 is 15.4 Å². The van der Waals surface area contributed by atoms with Gasteiger partial charge in [0.25, 0.3) is 0 Å². The van der Waals surface area contributed by atoms with Crippen LogP contribution in [0.4, 0.5) is 4.39 Å². The second kappa shape index (κ2) is 9.88. The Balaban J connectivity index is 0.00000243. The number of ether oxygens (including phenoxy) is 1. The molecule has 3 rings (SSSR count). The molecule has 1 saturated heterocycles. The third-order valence-corrected chi connectivity index (χ3v) is 4.39. The minimum atomic E-state index is -0.341. The van der Waals surface area contributed by atoms with E-state index in [9.17, 15) is 9.18 Å². The van der Waals surface area contributed by atoms with Gasteiger partial charge in [-0.1, -0.05) is 35.9 Å². The summed E-state index contributed by atoms with van der Waals surface area (Å²) in [6.07, 6.45) is 0.324. The van der Waals surface area contributed by atoms with Crippen LogP contribution in [0.1, 0.15) is 12.0 Å². The van der Waals surface area contributed by atoms with Gasteiger partial charge in [0.15, 0.2) is 0 Å². The van der Waals surface area contributed by atoms with Crippen molar-refractivity contribution >= 4 is 29.9 Å². The predicted octanol–water partition coefficient (Wildman–Crippen LogP) is 3.56. The Morgan fingerprint density at radius 2 is 1.96 bits per heavy atom. The molecule has 0 bridgehead atoms. The molecule has 26 heavy (non-hydrogen) atoms. The third kappa shape index (κ3) is 5.68. The lowest BCUT2D eigenvalue weighted by atomic mass is 10.0. The number of carbonyl (C=O) groups is 1. The highest BCUT2D eigenvalue weighted by atomic mass is 35.5. The summed E-state index contributed by atoms with van der Waals surface area (Å²) in [5, 5.41) is 6.62. The minimum Gasteiger partial charge on any atom is -0.378 e. The van der Waals surface area contributed by atoms with E-state index in [1.165, 1.54) is 6.07 Å². The first kappa shape index (κ1) is 20.6. The van der Waals surface area contributed by atoms with Crippen molar-refractivity contribution in [3.63, 3.8) is 0 Å². The largest absolute Gasteiger partial charge is 0.378 e. The third-order valence-electron chi connectivity index (χ3n) is 4.14. The Morgan fingerprint density at radius 3 is 2.62 bits per heavy atom. The highest BCUT2D eigenvalue weighted by Gasteiger charge is 2.17. The average Bonchev–Trinajstić information content (AvgIpc) is 2.62. The molecule has 0 aromatic heterocycles. The van der Waals surface area contributed by atoms with Crippen LogP contribution in [-0.4, -0.2) is 31.7 Å². The summed E-state index contributed by atoms with van der Waals surface area (Å²) in [5.74, 6) is -0.462. The summed E-state index contributed by atoms with van der Waals surface area (Å²) in [6.45, 7) is 2.11. The smallest absolute Gasteiger partial charge is 0.221 e. The number of hydrogen-bond donors (Lipinski definition) is 2. The number of hydrogen-bond acceptors (Lipinski definition) is 3. The van der Waals surface area contributed by atoms with Crippen molar-refractivity contribution < 1.29 is 13.9 Å². The molecule has 1 unspecified atom stereocenters. The Bertz CT molecular complexity index is 735. The summed E-state index contributed by atoms with van der Waals surface area (Å²) in [4.78, 5) is 12.0. The van der Waals surface area contributed by atoms with E-state index in [1.54, 1.807) is 18.2 Å². The number of benzene rings is 2. The molecule has 1 aliphatic heterocycles. The Hall–Kier alpha value is -1.66. The first-order chi connectivity index (χ1) is 12.1. The first-order valence-electron chi connectivity index (χ1n) is 8.24. The fraction of sp³-hybridized carbons (Fsp3) is 0.316. The highest BCUT2D eigenvalue weighted by molar-refractivity contribution is 6.30. The molecule has 0 aliphatic carbocycles. The van der Waals surface area contributed by atoms with Gasteiger partial charge in [-0.15, -0.1) is 12.4 Å². The van der Waals surface area contributed by atoms with Gasteiger partial charge in [0.05, 0.1) is 13.2 Å². The predicted molar refractivity (Wildman–Crippen MR) is 103 cm³/mol. The number of rotatable bonds is 5. The molecule has 1 atom stereocenters. The van der Waals surface area contributed by atoms with Crippen molar-refractivity contribution in [2.45, 2.75) is 19.0 Å². The van der Waals surface area contributed by atoms with Crippen LogP contribution in [-0.2, 0) is 16.1 Å². The maximum Gasteiger partial charge on any atom is 0.221 e. The van der Waals surface area contributed by atoms with E-state index in [4.69, 9.17) is 16.3 Å². The fourth-order valence-corrected chi connectivity index (χ4v) is 2.88. The second-order valence-corrected chi connectivity index (χ2v) is 6.46. The zero-order valence-electron chi connectivity index (χ0n) is 14.1. The van der Waals surface area contributed by atoms with Crippen LogP contribution < -0.4 is 10.6 Å². The Morgan fingerprint density at radius 1 is 1.23 bits per heavy atom. The van der Waals surface area contributed by atoms with Gasteiger partial charge in [0.1, 0.15) is 5.82 Å². The maximum atomic E-state index is 14.3. The lowest BCUT2D eigenvalue weighted by molar-refractivity contribution is -0.122. The number of halogens is 3. The minimum absolute atomic E-state index is 0. The number of carbonyl (C=O) groups excluding carboxylic acids is 1. The molecule has 0 spiro atoms. The lowest BCUT2D eigenvalue weighted by Gasteiger charge is -2.23. The van der Waals surface area contributed by atoms with E-state index in [-0.39, 0.29) is 36.7 Å². The van der Waals surface area contributed by atoms with Crippen LogP contribution in [0.25, 0.3) is 11.1 Å². The number of nitrogens with one attached hydrogen (secondary N) is 2. The standard InChI is InChI=1S/C19H20ClFN2O2.ClH/c20-16-5-3-13(4-6-16)14-1-2-15(18(21)9-14)11-23-19(24)10-17-12-25-8-7-22-17;/h1-6,9,17,22H,7-8,10-12H2,(H,23,24);1H. The van der Waals surface area contributed by atoms with E-state index in [2.05, 4.69) is 10.6 Å². The zero-order chi connectivity index (χ0) is 17.6. The van der Waals surface area contributed by atoms with Crippen LogP contribution in [0, 0.1) is 5.82 Å². The maximum absolute atomic E-state index is 14.3. The fourth-order valence-electron chi connectivity index (χ4n) is 2.75. The molecule has 1 fully saturated rings. The SMILES string of the molecule is Cl.O=C(CC1COCCN1)NCc1ccc(-c2ccc(Cl)cc2)cc1F. The topological polar surface area (TPSA) is 50.4 Å². The monoisotopic (exact) mass is 398 g/mol. The molecule has 4 nitrogen and oxygen atoms in total. The molecule has 2 N–H and O–H groups in total. The summed E-state index contributed by atoms with van der Waals surface area (Å²) in [7, 11) is 0. The van der Waals surface area contributed by atoms with E-state index < -0.39 is 0 Å². The molecule has 0 radical (unpaired) electrons. The molecule has 2 aromatic carbocycles. The molecular formula is C19H21Cl2FN2O2. The average molecular weight is 399 g/mol. The molecule has 0 saturated carbocycles. The molecule has 140 valence electrons. The van der Waals surface area contributed by atoms with Gasteiger partial charge in [-0.3, -0.25) is 4.79 Å². The van der Waals surface area contributed by atoms with Crippen LogP contribution in [0.15, 0.2) is 42.5 Å². The van der Waals surface area contributed by atoms with Gasteiger partial charge in [0, 0.05) is 36.1 Å². The molecule has 1 amide bonds. The molecule has 1 aliphatic rings. The van der Waals surface area contributed by atoms with Crippen molar-refractivity contribution in [1.29, 1.82) is 0 Å². The van der Waals surface area contributed by atoms with E-state index >= 15 is 0 Å². The summed E-state index contributed by atoms with van der Waals surface area (Å²) < 4.78 is 19.6. The normalized spacial score (nSPS) is 16.6. The zero-order valence-corrected chi connectivity index (χ0v) is 15.7. The van der Waals surface area contributed by atoms with Crippen molar-refractivity contribution in [1.82, 2.24) is 10.6 Å². The molecular weight excluding hydrogens is 378 g/mol. The van der Waals surface area contributed by atoms with Gasteiger partial charge in [-0.25, -0.2) is 4.39 Å². The lowest BCUT2D eigenvalue weighted by Crippen LogP contribution is -2.44. The molecule has 1 heterocycles. The summed E-state index contributed by atoms with van der Waals surface area (Å²) in [6, 6.07) is 12.3. The molecule has 7 heteroatoms. The van der Waals surface area contributed by atoms with Crippen LogP contribution >= 0.6 is 24.0 Å². The van der Waals surface area contributed by atoms with E-state index in [0.29, 0.717) is 30.2 Å². The van der Waals surface area contributed by atoms with Crippen LogP contribution in [0.3, 0.4) is 0 Å². The highest BCUT2D eigenvalue weighted by Crippen LogP contribution is 2.23. The Kier molecular flexibility index (Phi) is 7.85. The van der Waals surface area contributed by atoms with E-state index in [1.807, 2.05) is 18.2 Å². The summed E-state index contributed by atoms with van der Waals surface area (Å²) in [5.41, 5.74) is 2.12. The van der Waals surface area contributed by atoms with Gasteiger partial charge >= 0.3 is 0 Å². The second-order valence-electron chi connectivity index (χ2n) is 6.02. The quantitative estimate of drug-likeness (QED) is 0.809. The summed E-state index contributed by atoms with van der Waals surface area (Å²) >= 11 is 5.87. The molecule has 2 aromatic rings. The van der Waals surface area contributed by atoms with Crippen LogP contribution in [0.5, 0.6) is 0 Å². The van der Waals surface area contributed by atoms with Gasteiger partial charge in [-0.05, 0) is 29.3 Å². The number of morpholine rings is 1. The van der Waals surface area contributed by atoms with Gasteiger partial charge in [-0.2, -0.15) is 0 Å². The van der Waals surface area contributed by atoms with Crippen molar-refractivity contribution in [3.8, 4) is 11.1 Å². The van der Waals surface area contributed by atoms with Crippen molar-refractivity contribution in [3.05, 3.63) is 58.9 Å². The van der Waals surface area contributed by atoms with Crippen LogP contribution in [0.2, 0.25) is 5.02 Å². The Labute approximate surface area is 163 Å². The van der Waals surface area contributed by atoms with Gasteiger partial charge in [0.2, 0.25) is 5.91 Å².